The van der Waals surface area contributed by atoms with Crippen LogP contribution < -0.4 is 15.1 Å². The van der Waals surface area contributed by atoms with Gasteiger partial charge in [-0.2, -0.15) is 26.3 Å². The summed E-state index contributed by atoms with van der Waals surface area (Å²) in [6.45, 7) is -0.645. The van der Waals surface area contributed by atoms with E-state index in [0.29, 0.717) is 26.7 Å². The van der Waals surface area contributed by atoms with Crippen molar-refractivity contribution in [2.75, 3.05) is 10.2 Å². The van der Waals surface area contributed by atoms with Crippen molar-refractivity contribution in [3.63, 3.8) is 0 Å². The number of benzene rings is 2. The smallest absolute Gasteiger partial charge is 0.325 e. The Balaban J connectivity index is 1.39. The van der Waals surface area contributed by atoms with E-state index in [4.69, 9.17) is 0 Å². The maximum Gasteiger partial charge on any atom is 0.418 e. The zero-order valence-electron chi connectivity index (χ0n) is 22.4. The van der Waals surface area contributed by atoms with Crippen molar-refractivity contribution in [1.82, 2.24) is 9.55 Å². The van der Waals surface area contributed by atoms with E-state index in [2.05, 4.69) is 10.3 Å². The number of aromatic nitrogens is 2. The molecule has 6 rings (SSSR count). The third kappa shape index (κ3) is 5.52. The first-order valence-corrected chi connectivity index (χ1v) is 14.8. The van der Waals surface area contributed by atoms with Gasteiger partial charge in [0.1, 0.15) is 11.8 Å². The molecule has 1 saturated heterocycles. The predicted molar refractivity (Wildman–Crippen MR) is 152 cm³/mol. The van der Waals surface area contributed by atoms with Gasteiger partial charge < -0.3 is 5.32 Å². The summed E-state index contributed by atoms with van der Waals surface area (Å²) in [5.74, 6) is -4.82. The molecular weight excluding hydrogens is 646 g/mol. The highest BCUT2D eigenvalue weighted by atomic mass is 32.2. The van der Waals surface area contributed by atoms with E-state index in [0.717, 1.165) is 52.7 Å². The average molecular weight is 665 g/mol. The summed E-state index contributed by atoms with van der Waals surface area (Å²) in [4.78, 5) is 58.0. The first-order valence-electron chi connectivity index (χ1n) is 13.1. The maximum absolute atomic E-state index is 13.9. The fraction of sp³-hybridized carbons (Fsp3) is 0.207. The quantitative estimate of drug-likeness (QED) is 0.215. The minimum absolute atomic E-state index is 0.145. The first-order chi connectivity index (χ1) is 21.3. The molecule has 4 aromatic rings. The fourth-order valence-electron chi connectivity index (χ4n) is 5.44. The van der Waals surface area contributed by atoms with Gasteiger partial charge in [-0.1, -0.05) is 47.4 Å². The number of rotatable bonds is 5. The number of anilines is 2. The maximum atomic E-state index is 13.9. The Labute approximate surface area is 257 Å². The molecule has 0 bridgehead atoms. The number of halogens is 6. The van der Waals surface area contributed by atoms with Crippen LogP contribution in [0, 0.1) is 5.92 Å². The van der Waals surface area contributed by atoms with Gasteiger partial charge in [0.15, 0.2) is 0 Å². The van der Waals surface area contributed by atoms with Crippen LogP contribution in [0.15, 0.2) is 82.9 Å². The molecule has 4 heterocycles. The molecule has 2 aliphatic rings. The molecule has 3 unspecified atom stereocenters. The number of imide groups is 1. The van der Waals surface area contributed by atoms with Gasteiger partial charge in [0, 0.05) is 28.9 Å². The molecule has 2 aliphatic heterocycles. The zero-order valence-corrected chi connectivity index (χ0v) is 24.1. The molecule has 45 heavy (non-hydrogen) atoms. The third-order valence-electron chi connectivity index (χ3n) is 7.32. The Morgan fingerprint density at radius 1 is 0.911 bits per heavy atom. The van der Waals surface area contributed by atoms with Gasteiger partial charge in [-0.25, -0.2) is 4.90 Å². The van der Waals surface area contributed by atoms with E-state index < -0.39 is 75.4 Å². The fourth-order valence-corrected chi connectivity index (χ4v) is 8.21. The van der Waals surface area contributed by atoms with Gasteiger partial charge in [-0.15, -0.1) is 0 Å². The lowest BCUT2D eigenvalue weighted by atomic mass is 9.84. The Bertz CT molecular complexity index is 1890. The van der Waals surface area contributed by atoms with E-state index in [-0.39, 0.29) is 10.7 Å². The summed E-state index contributed by atoms with van der Waals surface area (Å²) in [5, 5.41) is 1.22. The van der Waals surface area contributed by atoms with E-state index in [1.807, 2.05) is 0 Å². The number of hydrogen-bond donors (Lipinski definition) is 1. The lowest BCUT2D eigenvalue weighted by molar-refractivity contribution is -0.138. The van der Waals surface area contributed by atoms with Crippen molar-refractivity contribution in [3.05, 3.63) is 104 Å². The third-order valence-corrected chi connectivity index (χ3v) is 9.92. The lowest BCUT2D eigenvalue weighted by Gasteiger charge is -2.30. The molecule has 0 aliphatic carbocycles. The largest absolute Gasteiger partial charge is 0.418 e. The standard InChI is InChI=1S/C29H18F6N4O4S2/c30-28(31,32)15-6-3-7-16(11-15)37-19(40)13-38-26-23(45-27(38)43)20(14-5-4-10-36-12-14)21-22(44-26)25(42)39(24(21)41)18-9-2-1-8-17(18)29(33,34)35/h1-12,20-22H,13H2,(H,37,40). The molecule has 232 valence electrons. The summed E-state index contributed by atoms with van der Waals surface area (Å²) >= 11 is 1.48. The molecule has 8 nitrogen and oxygen atoms in total. The summed E-state index contributed by atoms with van der Waals surface area (Å²) < 4.78 is 82.1. The zero-order chi connectivity index (χ0) is 32.3. The van der Waals surface area contributed by atoms with Crippen molar-refractivity contribution in [3.8, 4) is 0 Å². The van der Waals surface area contributed by atoms with Gasteiger partial charge in [0.25, 0.3) is 0 Å². The average Bonchev–Trinajstić information content (AvgIpc) is 3.42. The number of nitrogens with one attached hydrogen (secondary N) is 1. The highest BCUT2D eigenvalue weighted by Gasteiger charge is 2.57. The highest BCUT2D eigenvalue weighted by molar-refractivity contribution is 8.00. The van der Waals surface area contributed by atoms with Crippen LogP contribution in [-0.4, -0.2) is 32.5 Å². The van der Waals surface area contributed by atoms with E-state index >= 15 is 0 Å². The minimum Gasteiger partial charge on any atom is -0.325 e. The van der Waals surface area contributed by atoms with Crippen molar-refractivity contribution in [2.45, 2.75) is 35.1 Å². The van der Waals surface area contributed by atoms with Gasteiger partial charge in [0.2, 0.25) is 17.7 Å². The van der Waals surface area contributed by atoms with Crippen LogP contribution in [0.2, 0.25) is 0 Å². The number of para-hydroxylation sites is 1. The topological polar surface area (TPSA) is 101 Å². The van der Waals surface area contributed by atoms with E-state index in [9.17, 15) is 45.5 Å². The van der Waals surface area contributed by atoms with Gasteiger partial charge in [0.05, 0.1) is 27.8 Å². The van der Waals surface area contributed by atoms with Crippen LogP contribution in [0.1, 0.15) is 27.5 Å². The number of thioether (sulfide) groups is 1. The van der Waals surface area contributed by atoms with Crippen LogP contribution >= 0.6 is 23.1 Å². The van der Waals surface area contributed by atoms with Gasteiger partial charge >= 0.3 is 17.2 Å². The van der Waals surface area contributed by atoms with Crippen molar-refractivity contribution in [2.24, 2.45) is 5.92 Å². The number of alkyl halides is 6. The number of thiazole rings is 1. The molecule has 1 N–H and O–H groups in total. The monoisotopic (exact) mass is 664 g/mol. The SMILES string of the molecule is O=C(Cn1c2c(sc1=O)C(c1cccnc1)C1C(=O)N(c3ccccc3C(F)(F)F)C(=O)C1S2)Nc1cccc(C(F)(F)F)c1. The molecule has 2 aromatic heterocycles. The second-order valence-electron chi connectivity index (χ2n) is 10.1. The van der Waals surface area contributed by atoms with Crippen LogP contribution in [-0.2, 0) is 33.3 Å². The second kappa shape index (κ2) is 11.2. The number of carbonyl (C=O) groups excluding carboxylic acids is 3. The lowest BCUT2D eigenvalue weighted by Crippen LogP contribution is -2.33. The molecule has 1 fully saturated rings. The number of fused-ring (bicyclic) bond motifs is 2. The summed E-state index contributed by atoms with van der Waals surface area (Å²) in [5.41, 5.74) is -2.54. The first kappa shape index (κ1) is 30.6. The Kier molecular flexibility index (Phi) is 7.59. The van der Waals surface area contributed by atoms with Crippen molar-refractivity contribution >= 4 is 52.2 Å². The highest BCUT2D eigenvalue weighted by Crippen LogP contribution is 2.54. The number of hydrogen-bond acceptors (Lipinski definition) is 7. The number of pyridine rings is 1. The van der Waals surface area contributed by atoms with Crippen LogP contribution in [0.3, 0.4) is 0 Å². The van der Waals surface area contributed by atoms with Gasteiger partial charge in [-0.3, -0.25) is 28.7 Å². The Morgan fingerprint density at radius 2 is 1.67 bits per heavy atom. The Hall–Kier alpha value is -4.44. The molecule has 0 spiro atoms. The molecule has 0 saturated carbocycles. The molecule has 16 heteroatoms. The molecule has 3 atom stereocenters. The molecular formula is C29H18F6N4O4S2. The Morgan fingerprint density at radius 3 is 2.36 bits per heavy atom. The predicted octanol–water partition coefficient (Wildman–Crippen LogP) is 5.78. The van der Waals surface area contributed by atoms with Crippen molar-refractivity contribution < 1.29 is 40.7 Å². The minimum atomic E-state index is -4.87. The number of nitrogens with zero attached hydrogens (tertiary/aromatic N) is 3. The summed E-state index contributed by atoms with van der Waals surface area (Å²) in [6.07, 6.45) is -6.65. The van der Waals surface area contributed by atoms with Gasteiger partial charge in [-0.05, 0) is 42.0 Å². The van der Waals surface area contributed by atoms with E-state index in [1.54, 1.807) is 12.1 Å². The normalized spacial score (nSPS) is 19.8. The molecule has 3 amide bonds. The van der Waals surface area contributed by atoms with E-state index in [1.165, 1.54) is 24.5 Å². The van der Waals surface area contributed by atoms with Crippen LogP contribution in [0.5, 0.6) is 0 Å². The molecule has 0 radical (unpaired) electrons. The van der Waals surface area contributed by atoms with Crippen molar-refractivity contribution in [1.29, 1.82) is 0 Å². The number of amides is 3. The summed E-state index contributed by atoms with van der Waals surface area (Å²) in [7, 11) is 0. The van der Waals surface area contributed by atoms with Crippen LogP contribution in [0.25, 0.3) is 0 Å². The number of carbonyl (C=O) groups is 3. The van der Waals surface area contributed by atoms with Crippen LogP contribution in [0.4, 0.5) is 37.7 Å². The summed E-state index contributed by atoms with van der Waals surface area (Å²) in [6, 6.07) is 11.3. The second-order valence-corrected chi connectivity index (χ2v) is 12.2. The molecule has 2 aromatic carbocycles.